The molecule has 9 nitrogen and oxygen atoms in total. The van der Waals surface area contributed by atoms with E-state index in [0.717, 1.165) is 24.0 Å². The van der Waals surface area contributed by atoms with Gasteiger partial charge in [-0.25, -0.2) is 0 Å². The number of nitrogens with zero attached hydrogens (tertiary/aromatic N) is 6. The van der Waals surface area contributed by atoms with E-state index in [1.54, 1.807) is 25.6 Å². The van der Waals surface area contributed by atoms with Crippen molar-refractivity contribution >= 4 is 17.5 Å². The molecule has 10 heteroatoms. The quantitative estimate of drug-likeness (QED) is 0.459. The Hall–Kier alpha value is -3.72. The minimum absolute atomic E-state index is 0.0869. The molecule has 4 aromatic rings. The number of aromatic amines is 1. The Morgan fingerprint density at radius 1 is 1.15 bits per heavy atom. The number of aromatic nitrogens is 6. The maximum atomic E-state index is 13.8. The molecule has 1 N–H and O–H groups in total. The lowest BCUT2D eigenvalue weighted by Gasteiger charge is -2.24. The molecule has 1 aliphatic rings. The van der Waals surface area contributed by atoms with Gasteiger partial charge >= 0.3 is 0 Å². The van der Waals surface area contributed by atoms with Crippen molar-refractivity contribution < 1.29 is 9.53 Å². The smallest absolute Gasteiger partial charge is 0.256 e. The lowest BCUT2D eigenvalue weighted by molar-refractivity contribution is 0.0729. The largest absolute Gasteiger partial charge is 0.494 e. The Bertz CT molecular complexity index is 1350. The predicted molar refractivity (Wildman–Crippen MR) is 127 cm³/mol. The summed E-state index contributed by atoms with van der Waals surface area (Å²) in [5.41, 5.74) is 4.03. The van der Waals surface area contributed by atoms with Gasteiger partial charge in [0.25, 0.3) is 5.91 Å². The fourth-order valence-corrected chi connectivity index (χ4v) is 4.63. The molecule has 1 atom stereocenters. The van der Waals surface area contributed by atoms with Crippen LogP contribution in [-0.4, -0.2) is 54.6 Å². The maximum absolute atomic E-state index is 13.8. The number of rotatable bonds is 5. The van der Waals surface area contributed by atoms with Gasteiger partial charge in [-0.2, -0.15) is 15.0 Å². The Kier molecular flexibility index (Phi) is 5.79. The van der Waals surface area contributed by atoms with E-state index in [4.69, 9.17) is 16.3 Å². The third kappa shape index (κ3) is 3.81. The molecule has 1 aliphatic heterocycles. The molecule has 2 aromatic carbocycles. The zero-order valence-electron chi connectivity index (χ0n) is 19.1. The van der Waals surface area contributed by atoms with Gasteiger partial charge in [0.15, 0.2) is 11.6 Å². The maximum Gasteiger partial charge on any atom is 0.256 e. The second-order valence-electron chi connectivity index (χ2n) is 8.31. The van der Waals surface area contributed by atoms with Crippen LogP contribution in [0.2, 0.25) is 5.02 Å². The van der Waals surface area contributed by atoms with Gasteiger partial charge in [-0.15, -0.1) is 10.2 Å². The van der Waals surface area contributed by atoms with Gasteiger partial charge in [0.1, 0.15) is 5.75 Å². The fraction of sp³-hybridized carbons (Fsp3) is 0.292. The van der Waals surface area contributed by atoms with E-state index in [1.807, 2.05) is 43.0 Å². The highest BCUT2D eigenvalue weighted by Crippen LogP contribution is 2.37. The minimum Gasteiger partial charge on any atom is -0.494 e. The zero-order chi connectivity index (χ0) is 23.8. The molecule has 0 unspecified atom stereocenters. The molecule has 1 saturated heterocycles. The Balaban J connectivity index is 1.49. The molecule has 0 aliphatic carbocycles. The third-order valence-corrected chi connectivity index (χ3v) is 6.53. The summed E-state index contributed by atoms with van der Waals surface area (Å²) < 4.78 is 5.45. The van der Waals surface area contributed by atoms with Crippen molar-refractivity contribution in [2.45, 2.75) is 32.7 Å². The number of halogens is 1. The molecule has 174 valence electrons. The summed E-state index contributed by atoms with van der Waals surface area (Å²) in [4.78, 5) is 20.4. The number of aryl methyl sites for hydroxylation is 2. The highest BCUT2D eigenvalue weighted by atomic mass is 35.5. The first-order valence-corrected chi connectivity index (χ1v) is 11.4. The van der Waals surface area contributed by atoms with E-state index < -0.39 is 0 Å². The van der Waals surface area contributed by atoms with Gasteiger partial charge in [-0.05, 0) is 62.1 Å². The highest BCUT2D eigenvalue weighted by molar-refractivity contribution is 6.32. The molecule has 1 fully saturated rings. The lowest BCUT2D eigenvalue weighted by Crippen LogP contribution is -2.32. The summed E-state index contributed by atoms with van der Waals surface area (Å²) in [6.45, 7) is 4.63. The van der Waals surface area contributed by atoms with Crippen LogP contribution in [0.15, 0.2) is 42.7 Å². The monoisotopic (exact) mass is 477 g/mol. The number of hydrogen-bond acceptors (Lipinski definition) is 6. The number of nitrogens with one attached hydrogen (secondary N) is 1. The number of methoxy groups -OCH3 is 1. The number of amides is 1. The lowest BCUT2D eigenvalue weighted by atomic mass is 10.0. The van der Waals surface area contributed by atoms with Crippen LogP contribution in [0.5, 0.6) is 5.75 Å². The molecule has 3 heterocycles. The van der Waals surface area contributed by atoms with Gasteiger partial charge < -0.3 is 14.6 Å². The summed E-state index contributed by atoms with van der Waals surface area (Å²) >= 11 is 6.27. The van der Waals surface area contributed by atoms with Gasteiger partial charge in [0.05, 0.1) is 47.4 Å². The summed E-state index contributed by atoms with van der Waals surface area (Å²) in [6.07, 6.45) is 4.85. The van der Waals surface area contributed by atoms with Crippen molar-refractivity contribution in [1.29, 1.82) is 0 Å². The minimum atomic E-state index is -0.223. The summed E-state index contributed by atoms with van der Waals surface area (Å²) in [7, 11) is 1.56. The number of ether oxygens (including phenoxy) is 1. The van der Waals surface area contributed by atoms with Crippen LogP contribution in [0.3, 0.4) is 0 Å². The topological polar surface area (TPSA) is 102 Å². The fourth-order valence-electron chi connectivity index (χ4n) is 4.38. The van der Waals surface area contributed by atoms with Gasteiger partial charge in [0, 0.05) is 6.54 Å². The van der Waals surface area contributed by atoms with Gasteiger partial charge in [-0.1, -0.05) is 17.7 Å². The van der Waals surface area contributed by atoms with E-state index in [9.17, 15) is 4.79 Å². The van der Waals surface area contributed by atoms with Crippen molar-refractivity contribution in [3.05, 3.63) is 70.3 Å². The Labute approximate surface area is 201 Å². The summed E-state index contributed by atoms with van der Waals surface area (Å²) in [6, 6.07) is 9.09. The van der Waals surface area contributed by atoms with Crippen molar-refractivity contribution in [1.82, 2.24) is 35.1 Å². The summed E-state index contributed by atoms with van der Waals surface area (Å²) in [5.74, 6) is 1.61. The Morgan fingerprint density at radius 3 is 2.68 bits per heavy atom. The van der Waals surface area contributed by atoms with Crippen LogP contribution in [0, 0.1) is 13.8 Å². The number of para-hydroxylation sites is 1. The van der Waals surface area contributed by atoms with Crippen LogP contribution in [0.25, 0.3) is 17.1 Å². The van der Waals surface area contributed by atoms with Crippen LogP contribution in [0.4, 0.5) is 0 Å². The normalized spacial score (nSPS) is 15.6. The molecule has 5 rings (SSSR count). The number of hydrogen-bond donors (Lipinski definition) is 1. The van der Waals surface area contributed by atoms with E-state index >= 15 is 0 Å². The van der Waals surface area contributed by atoms with E-state index in [0.29, 0.717) is 45.8 Å². The first-order chi connectivity index (χ1) is 16.5. The van der Waals surface area contributed by atoms with Crippen molar-refractivity contribution in [2.75, 3.05) is 13.7 Å². The second kappa shape index (κ2) is 8.90. The standard InChI is InChI=1S/C24H24ClN7O2/c1-14-12-17(20(13-15(14)2)32-26-9-10-27-32)24(33)31-11-5-8-19(31)23-28-22(29-30-23)16-6-4-7-18(25)21(16)34-3/h4,6-7,9-10,12-13,19H,5,8,11H2,1-3H3,(H,28,29,30)/t19-/m0/s1. The first kappa shape index (κ1) is 22.1. The average molecular weight is 478 g/mol. The number of likely N-dealkylation sites (tertiary alicyclic amines) is 1. The molecule has 1 amide bonds. The van der Waals surface area contributed by atoms with Crippen LogP contribution in [0.1, 0.15) is 46.2 Å². The molecule has 0 bridgehead atoms. The van der Waals surface area contributed by atoms with Crippen molar-refractivity contribution in [3.8, 4) is 22.8 Å². The zero-order valence-corrected chi connectivity index (χ0v) is 19.9. The molecule has 0 spiro atoms. The van der Waals surface area contributed by atoms with E-state index in [-0.39, 0.29) is 11.9 Å². The second-order valence-corrected chi connectivity index (χ2v) is 8.72. The molecule has 34 heavy (non-hydrogen) atoms. The van der Waals surface area contributed by atoms with E-state index in [1.165, 1.54) is 4.80 Å². The van der Waals surface area contributed by atoms with Crippen molar-refractivity contribution in [3.63, 3.8) is 0 Å². The summed E-state index contributed by atoms with van der Waals surface area (Å²) in [5, 5.41) is 17.7. The molecular formula is C24H24ClN7O2. The van der Waals surface area contributed by atoms with Crippen LogP contribution < -0.4 is 4.74 Å². The SMILES string of the molecule is COc1c(Cl)cccc1-c1nnc([C@@H]2CCCN2C(=O)c2cc(C)c(C)cc2-n2nccn2)[nH]1. The van der Waals surface area contributed by atoms with Crippen molar-refractivity contribution in [2.24, 2.45) is 0 Å². The third-order valence-electron chi connectivity index (χ3n) is 6.24. The Morgan fingerprint density at radius 2 is 1.91 bits per heavy atom. The van der Waals surface area contributed by atoms with Gasteiger partial charge in [0.2, 0.25) is 0 Å². The molecule has 0 saturated carbocycles. The molecule has 2 aromatic heterocycles. The molecule has 0 radical (unpaired) electrons. The average Bonchev–Trinajstić information content (AvgIpc) is 3.61. The van der Waals surface area contributed by atoms with Crippen LogP contribution >= 0.6 is 11.6 Å². The predicted octanol–water partition coefficient (Wildman–Crippen LogP) is 4.31. The number of H-pyrrole nitrogens is 1. The molecular weight excluding hydrogens is 454 g/mol. The highest BCUT2D eigenvalue weighted by Gasteiger charge is 2.34. The van der Waals surface area contributed by atoms with E-state index in [2.05, 4.69) is 25.4 Å². The van der Waals surface area contributed by atoms with Gasteiger partial charge in [-0.3, -0.25) is 4.79 Å². The first-order valence-electron chi connectivity index (χ1n) is 11.0. The number of carbonyl (C=O) groups is 1. The number of benzene rings is 2. The van der Waals surface area contributed by atoms with Crippen LogP contribution in [-0.2, 0) is 0 Å². The number of carbonyl (C=O) groups excluding carboxylic acids is 1.